The van der Waals surface area contributed by atoms with Gasteiger partial charge in [0.1, 0.15) is 5.82 Å². The fourth-order valence-electron chi connectivity index (χ4n) is 1.98. The topological polar surface area (TPSA) is 85.8 Å². The molecule has 8 heteroatoms. The van der Waals surface area contributed by atoms with Crippen molar-refractivity contribution in [1.82, 2.24) is 20.2 Å². The first-order chi connectivity index (χ1) is 11.2. The third-order valence-electron chi connectivity index (χ3n) is 3.16. The van der Waals surface area contributed by atoms with E-state index in [1.165, 1.54) is 28.6 Å². The molecule has 6 nitrogen and oxygen atoms in total. The minimum atomic E-state index is -0.352. The van der Waals surface area contributed by atoms with Crippen LogP contribution in [0.4, 0.5) is 4.39 Å². The first-order valence-electron chi connectivity index (χ1n) is 7.58. The molecule has 24 heavy (non-hydrogen) atoms. The van der Waals surface area contributed by atoms with Gasteiger partial charge in [-0.25, -0.2) is 9.07 Å². The number of nitrogens with zero attached hydrogens (tertiary/aromatic N) is 3. The molecule has 2 aromatic rings. The molecule has 2 rings (SSSR count). The van der Waals surface area contributed by atoms with Gasteiger partial charge in [0.15, 0.2) is 5.82 Å². The standard InChI is InChI=1S/C16H22FN5OS/c1-10(14(23)19-16(2,3)4)24-15-21-20-13(22(15)18)9-11-5-7-12(17)8-6-11/h5-8,10H,9,18H2,1-4H3,(H,19,23)/t10-/m1/s1. The zero-order valence-corrected chi connectivity index (χ0v) is 15.0. The van der Waals surface area contributed by atoms with Crippen molar-refractivity contribution in [3.63, 3.8) is 0 Å². The molecule has 0 radical (unpaired) electrons. The zero-order valence-electron chi connectivity index (χ0n) is 14.2. The van der Waals surface area contributed by atoms with Crippen LogP contribution < -0.4 is 11.2 Å². The summed E-state index contributed by atoms with van der Waals surface area (Å²) in [6.45, 7) is 7.57. The van der Waals surface area contributed by atoms with Crippen molar-refractivity contribution in [3.8, 4) is 0 Å². The maximum absolute atomic E-state index is 12.9. The first-order valence-corrected chi connectivity index (χ1v) is 8.46. The molecule has 130 valence electrons. The van der Waals surface area contributed by atoms with E-state index in [0.717, 1.165) is 5.56 Å². The highest BCUT2D eigenvalue weighted by molar-refractivity contribution is 8.00. The molecule has 3 N–H and O–H groups in total. The van der Waals surface area contributed by atoms with E-state index in [-0.39, 0.29) is 22.5 Å². The number of nitrogens with two attached hydrogens (primary N) is 1. The Labute approximate surface area is 145 Å². The molecule has 0 unspecified atom stereocenters. The van der Waals surface area contributed by atoms with Crippen molar-refractivity contribution in [2.45, 2.75) is 50.1 Å². The van der Waals surface area contributed by atoms with Gasteiger partial charge in [0.05, 0.1) is 5.25 Å². The van der Waals surface area contributed by atoms with Gasteiger partial charge < -0.3 is 11.2 Å². The van der Waals surface area contributed by atoms with E-state index < -0.39 is 0 Å². The van der Waals surface area contributed by atoms with Crippen molar-refractivity contribution < 1.29 is 9.18 Å². The lowest BCUT2D eigenvalue weighted by Crippen LogP contribution is -2.44. The van der Waals surface area contributed by atoms with E-state index >= 15 is 0 Å². The second-order valence-electron chi connectivity index (χ2n) is 6.57. The average Bonchev–Trinajstić information content (AvgIpc) is 2.81. The average molecular weight is 351 g/mol. The Balaban J connectivity index is 2.04. The summed E-state index contributed by atoms with van der Waals surface area (Å²) in [5.74, 6) is 6.19. The Morgan fingerprint density at radius 3 is 2.54 bits per heavy atom. The summed E-state index contributed by atoms with van der Waals surface area (Å²) in [4.78, 5) is 12.1. The van der Waals surface area contributed by atoms with Gasteiger partial charge in [0, 0.05) is 12.0 Å². The summed E-state index contributed by atoms with van der Waals surface area (Å²) in [6.07, 6.45) is 0.437. The number of carbonyl (C=O) groups excluding carboxylic acids is 1. The van der Waals surface area contributed by atoms with Gasteiger partial charge in [-0.3, -0.25) is 4.79 Å². The van der Waals surface area contributed by atoms with Crippen LogP contribution in [0.3, 0.4) is 0 Å². The third kappa shape index (κ3) is 4.95. The highest BCUT2D eigenvalue weighted by Crippen LogP contribution is 2.22. The van der Waals surface area contributed by atoms with Crippen molar-refractivity contribution in [2.75, 3.05) is 5.84 Å². The van der Waals surface area contributed by atoms with Gasteiger partial charge in [-0.15, -0.1) is 10.2 Å². The Bertz CT molecular complexity index is 708. The number of rotatable bonds is 5. The van der Waals surface area contributed by atoms with Crippen LogP contribution in [-0.2, 0) is 11.2 Å². The minimum absolute atomic E-state index is 0.0874. The molecule has 0 aliphatic rings. The largest absolute Gasteiger partial charge is 0.351 e. The van der Waals surface area contributed by atoms with E-state index in [2.05, 4.69) is 15.5 Å². The van der Waals surface area contributed by atoms with Crippen LogP contribution in [0.25, 0.3) is 0 Å². The van der Waals surface area contributed by atoms with Crippen molar-refractivity contribution >= 4 is 17.7 Å². The molecule has 1 atom stereocenters. The van der Waals surface area contributed by atoms with E-state index in [1.807, 2.05) is 20.8 Å². The van der Waals surface area contributed by atoms with Crippen molar-refractivity contribution in [3.05, 3.63) is 41.5 Å². The molecule has 0 aliphatic carbocycles. The van der Waals surface area contributed by atoms with Crippen LogP contribution in [-0.4, -0.2) is 31.6 Å². The lowest BCUT2D eigenvalue weighted by atomic mass is 10.1. The molecule has 0 saturated carbocycles. The van der Waals surface area contributed by atoms with Crippen LogP contribution in [0, 0.1) is 5.82 Å². The van der Waals surface area contributed by atoms with Crippen molar-refractivity contribution in [2.24, 2.45) is 0 Å². The van der Waals surface area contributed by atoms with Gasteiger partial charge >= 0.3 is 0 Å². The predicted octanol–water partition coefficient (Wildman–Crippen LogP) is 2.12. The molecule has 1 aromatic carbocycles. The maximum Gasteiger partial charge on any atom is 0.233 e. The lowest BCUT2D eigenvalue weighted by Gasteiger charge is -2.22. The van der Waals surface area contributed by atoms with E-state index in [0.29, 0.717) is 17.4 Å². The number of nitrogens with one attached hydrogen (secondary N) is 1. The quantitative estimate of drug-likeness (QED) is 0.636. The lowest BCUT2D eigenvalue weighted by molar-refractivity contribution is -0.121. The minimum Gasteiger partial charge on any atom is -0.351 e. The monoisotopic (exact) mass is 351 g/mol. The summed E-state index contributed by atoms with van der Waals surface area (Å²) in [6, 6.07) is 6.13. The molecule has 1 amide bonds. The smallest absolute Gasteiger partial charge is 0.233 e. The summed E-state index contributed by atoms with van der Waals surface area (Å²) in [5, 5.41) is 11.1. The van der Waals surface area contributed by atoms with Gasteiger partial charge in [0.2, 0.25) is 11.1 Å². The Kier molecular flexibility index (Phi) is 5.48. The number of thioether (sulfide) groups is 1. The van der Waals surface area contributed by atoms with Gasteiger partial charge in [-0.1, -0.05) is 23.9 Å². The number of amides is 1. The molecule has 0 fully saturated rings. The maximum atomic E-state index is 12.9. The number of benzene rings is 1. The number of nitrogen functional groups attached to an aromatic ring is 1. The van der Waals surface area contributed by atoms with E-state index in [1.54, 1.807) is 19.1 Å². The van der Waals surface area contributed by atoms with Crippen LogP contribution in [0.15, 0.2) is 29.4 Å². The Morgan fingerprint density at radius 1 is 1.33 bits per heavy atom. The fraction of sp³-hybridized carbons (Fsp3) is 0.438. The summed E-state index contributed by atoms with van der Waals surface area (Å²) >= 11 is 1.25. The second kappa shape index (κ2) is 7.21. The second-order valence-corrected chi connectivity index (χ2v) is 7.88. The fourth-order valence-corrected chi connectivity index (χ4v) is 2.76. The number of halogens is 1. The number of hydrogen-bond acceptors (Lipinski definition) is 5. The molecule has 1 heterocycles. The summed E-state index contributed by atoms with van der Waals surface area (Å²) in [5.41, 5.74) is 0.585. The molecule has 0 saturated heterocycles. The van der Waals surface area contributed by atoms with Crippen molar-refractivity contribution in [1.29, 1.82) is 0 Å². The first kappa shape index (κ1) is 18.3. The number of aromatic nitrogens is 3. The van der Waals surface area contributed by atoms with Gasteiger partial charge in [-0.2, -0.15) is 0 Å². The Morgan fingerprint density at radius 2 is 1.96 bits per heavy atom. The number of carbonyl (C=O) groups is 1. The summed E-state index contributed by atoms with van der Waals surface area (Å²) < 4.78 is 14.3. The van der Waals surface area contributed by atoms with Crippen LogP contribution in [0.1, 0.15) is 39.1 Å². The predicted molar refractivity (Wildman–Crippen MR) is 92.6 cm³/mol. The SMILES string of the molecule is C[C@@H](Sc1nnc(Cc2ccc(F)cc2)n1N)C(=O)NC(C)(C)C. The molecule has 0 bridgehead atoms. The number of hydrogen-bond donors (Lipinski definition) is 2. The van der Waals surface area contributed by atoms with Crippen LogP contribution >= 0.6 is 11.8 Å². The zero-order chi connectivity index (χ0) is 17.9. The Hall–Kier alpha value is -2.09. The molecule has 0 aliphatic heterocycles. The molecule has 1 aromatic heterocycles. The molecule has 0 spiro atoms. The van der Waals surface area contributed by atoms with Gasteiger partial charge in [-0.05, 0) is 45.4 Å². The molecular weight excluding hydrogens is 329 g/mol. The van der Waals surface area contributed by atoms with E-state index in [9.17, 15) is 9.18 Å². The third-order valence-corrected chi connectivity index (χ3v) is 4.22. The molecular formula is C16H22FN5OS. The highest BCUT2D eigenvalue weighted by Gasteiger charge is 2.22. The van der Waals surface area contributed by atoms with E-state index in [4.69, 9.17) is 5.84 Å². The normalized spacial score (nSPS) is 12.9. The highest BCUT2D eigenvalue weighted by atomic mass is 32.2. The van der Waals surface area contributed by atoms with Crippen LogP contribution in [0.2, 0.25) is 0 Å². The summed E-state index contributed by atoms with van der Waals surface area (Å²) in [7, 11) is 0. The van der Waals surface area contributed by atoms with Crippen LogP contribution in [0.5, 0.6) is 0 Å². The van der Waals surface area contributed by atoms with Gasteiger partial charge in [0.25, 0.3) is 0 Å².